The zero-order valence-corrected chi connectivity index (χ0v) is 37.7. The number of hydrogen-bond acceptors (Lipinski definition) is 14. The fraction of sp³-hybridized carbons (Fsp3) is 0.553. The van der Waals surface area contributed by atoms with E-state index < -0.39 is 11.9 Å². The van der Waals surface area contributed by atoms with Crippen LogP contribution in [0, 0.1) is 5.82 Å². The van der Waals surface area contributed by atoms with Crippen molar-refractivity contribution in [3.63, 3.8) is 0 Å². The number of fused-ring (bicyclic) bond motifs is 1. The highest BCUT2D eigenvalue weighted by atomic mass is 19.1. The third kappa shape index (κ3) is 9.68. The van der Waals surface area contributed by atoms with Crippen LogP contribution in [0.25, 0.3) is 33.8 Å². The molecule has 7 heterocycles. The molecule has 3 saturated heterocycles. The van der Waals surface area contributed by atoms with Crippen LogP contribution in [0.3, 0.4) is 0 Å². The number of nitrogens with two attached hydrogens (primary N) is 1. The number of benzene rings is 1. The number of hydrogen-bond donors (Lipinski definition) is 3. The zero-order chi connectivity index (χ0) is 45.2. The van der Waals surface area contributed by atoms with E-state index in [1.54, 1.807) is 18.2 Å². The molecular weight excluding hydrogens is 830 g/mol. The van der Waals surface area contributed by atoms with Gasteiger partial charge >= 0.3 is 0 Å². The third-order valence-corrected chi connectivity index (χ3v) is 13.4. The van der Waals surface area contributed by atoms with Crippen LogP contribution in [-0.4, -0.2) is 114 Å². The maximum absolute atomic E-state index is 15.5. The minimum absolute atomic E-state index is 0.235. The minimum Gasteiger partial charge on any atom is -0.383 e. The van der Waals surface area contributed by atoms with E-state index in [0.717, 1.165) is 120 Å². The number of piperidine rings is 2. The number of carbonyl (C=O) groups is 3. The van der Waals surface area contributed by atoms with Gasteiger partial charge in [-0.2, -0.15) is 5.10 Å². The highest BCUT2D eigenvalue weighted by Gasteiger charge is 2.37. The predicted octanol–water partition coefficient (Wildman–Crippen LogP) is 6.38. The summed E-state index contributed by atoms with van der Waals surface area (Å²) >= 11 is 0. The highest BCUT2D eigenvalue weighted by molar-refractivity contribution is 6.02. The number of rotatable bonds is 15. The van der Waals surface area contributed by atoms with Crippen LogP contribution in [0.1, 0.15) is 121 Å². The number of carbonyl (C=O) groups excluding carboxylic acids is 3. The number of aromatic nitrogens is 7. The van der Waals surface area contributed by atoms with Crippen molar-refractivity contribution >= 4 is 45.9 Å². The van der Waals surface area contributed by atoms with Crippen LogP contribution in [0.4, 0.5) is 21.6 Å². The number of unbranched alkanes of at least 4 members (excludes halogenated alkanes) is 4. The van der Waals surface area contributed by atoms with Gasteiger partial charge in [0.1, 0.15) is 29.6 Å². The van der Waals surface area contributed by atoms with Gasteiger partial charge in [-0.1, -0.05) is 30.5 Å². The van der Waals surface area contributed by atoms with Gasteiger partial charge in [0, 0.05) is 70.4 Å². The summed E-state index contributed by atoms with van der Waals surface area (Å²) in [7, 11) is 0. The van der Waals surface area contributed by atoms with E-state index in [9.17, 15) is 14.4 Å². The van der Waals surface area contributed by atoms with Gasteiger partial charge in [-0.05, 0) is 95.9 Å². The van der Waals surface area contributed by atoms with Gasteiger partial charge in [0.05, 0.1) is 27.9 Å². The number of nitrogen functional groups attached to an aromatic ring is 1. The molecule has 1 saturated carbocycles. The Hall–Kier alpha value is -6.04. The number of nitrogens with one attached hydrogen (secondary N) is 2. The minimum atomic E-state index is -0.631. The lowest BCUT2D eigenvalue weighted by Crippen LogP contribution is -2.48. The molecule has 18 heteroatoms. The van der Waals surface area contributed by atoms with Crippen molar-refractivity contribution < 1.29 is 23.3 Å². The van der Waals surface area contributed by atoms with E-state index in [4.69, 9.17) is 25.3 Å². The molecule has 9 rings (SSSR count). The average molecular weight is 890 g/mol. The van der Waals surface area contributed by atoms with Crippen molar-refractivity contribution in [2.24, 2.45) is 0 Å². The molecule has 4 fully saturated rings. The molecule has 0 bridgehead atoms. The van der Waals surface area contributed by atoms with Crippen LogP contribution in [0.15, 0.2) is 41.4 Å². The van der Waals surface area contributed by atoms with Gasteiger partial charge in [0.15, 0.2) is 23.0 Å². The maximum atomic E-state index is 15.5. The fourth-order valence-electron chi connectivity index (χ4n) is 9.46. The lowest BCUT2D eigenvalue weighted by Gasteiger charge is -2.36. The second-order valence-corrected chi connectivity index (χ2v) is 19.1. The summed E-state index contributed by atoms with van der Waals surface area (Å²) in [5.74, 6) is 1.30. The molecule has 1 aromatic carbocycles. The Labute approximate surface area is 378 Å². The van der Waals surface area contributed by atoms with Gasteiger partial charge in [0.25, 0.3) is 0 Å². The molecule has 1 atom stereocenters. The predicted molar refractivity (Wildman–Crippen MR) is 244 cm³/mol. The van der Waals surface area contributed by atoms with E-state index >= 15 is 4.39 Å². The first-order chi connectivity index (χ1) is 31.4. The second kappa shape index (κ2) is 18.8. The largest absolute Gasteiger partial charge is 0.383 e. The Balaban J connectivity index is 0.696. The van der Waals surface area contributed by atoms with E-state index in [1.165, 1.54) is 6.33 Å². The SMILES string of the molecule is CC(C)(C)n1nc(-c2noc(C3CC3)c2-c2ncc(C3CCN(C(=O)CCCCCCCN4CCN(c5cccc(NC6CCC(=O)NC6=O)c5F)CC4)CC3)cn2)c2c(N)ncnc21. The summed E-state index contributed by atoms with van der Waals surface area (Å²) in [6, 6.07) is 4.59. The molecule has 1 aliphatic carbocycles. The Morgan fingerprint density at radius 1 is 0.892 bits per heavy atom. The number of halogens is 1. The number of nitrogens with zero attached hydrogens (tertiary/aromatic N) is 10. The summed E-state index contributed by atoms with van der Waals surface area (Å²) in [5.41, 5.74) is 10.4. The normalized spacial score (nSPS) is 19.0. The zero-order valence-electron chi connectivity index (χ0n) is 37.7. The second-order valence-electron chi connectivity index (χ2n) is 19.1. The average Bonchev–Trinajstić information content (AvgIpc) is 3.92. The van der Waals surface area contributed by atoms with Gasteiger partial charge in [-0.3, -0.25) is 24.6 Å². The first-order valence-electron chi connectivity index (χ1n) is 23.4. The molecule has 344 valence electrons. The molecule has 65 heavy (non-hydrogen) atoms. The smallest absolute Gasteiger partial charge is 0.249 e. The lowest BCUT2D eigenvalue weighted by molar-refractivity contribution is -0.134. The number of amides is 3. The molecule has 17 nitrogen and oxygen atoms in total. The van der Waals surface area contributed by atoms with Gasteiger partial charge < -0.3 is 25.4 Å². The number of piperazine rings is 1. The summed E-state index contributed by atoms with van der Waals surface area (Å²) in [6.07, 6.45) is 15.4. The molecule has 3 aliphatic heterocycles. The molecule has 1 unspecified atom stereocenters. The Morgan fingerprint density at radius 2 is 1.63 bits per heavy atom. The van der Waals surface area contributed by atoms with Crippen molar-refractivity contribution in [3.05, 3.63) is 54.1 Å². The molecule has 5 aromatic rings. The first-order valence-corrected chi connectivity index (χ1v) is 23.4. The fourth-order valence-corrected chi connectivity index (χ4v) is 9.46. The summed E-state index contributed by atoms with van der Waals surface area (Å²) < 4.78 is 23.4. The molecule has 4 aromatic heterocycles. The molecule has 3 amide bonds. The van der Waals surface area contributed by atoms with Crippen molar-refractivity contribution in [1.82, 2.24) is 50.0 Å². The molecule has 4 aliphatic rings. The van der Waals surface area contributed by atoms with Crippen LogP contribution in [0.5, 0.6) is 0 Å². The molecule has 4 N–H and O–H groups in total. The van der Waals surface area contributed by atoms with Crippen molar-refractivity contribution in [3.8, 4) is 22.8 Å². The van der Waals surface area contributed by atoms with Crippen LogP contribution in [0.2, 0.25) is 0 Å². The Morgan fingerprint density at radius 3 is 2.35 bits per heavy atom. The monoisotopic (exact) mass is 889 g/mol. The van der Waals surface area contributed by atoms with Gasteiger partial charge in [0.2, 0.25) is 17.7 Å². The van der Waals surface area contributed by atoms with Crippen LogP contribution >= 0.6 is 0 Å². The van der Waals surface area contributed by atoms with Crippen molar-refractivity contribution in [1.29, 1.82) is 0 Å². The molecule has 0 spiro atoms. The van der Waals surface area contributed by atoms with Crippen LogP contribution < -0.4 is 21.3 Å². The van der Waals surface area contributed by atoms with E-state index in [-0.39, 0.29) is 47.1 Å². The summed E-state index contributed by atoms with van der Waals surface area (Å²) in [6.45, 7) is 11.8. The molecule has 0 radical (unpaired) electrons. The number of anilines is 3. The number of likely N-dealkylation sites (tertiary alicyclic amines) is 1. The van der Waals surface area contributed by atoms with Crippen molar-refractivity contribution in [2.75, 3.05) is 61.8 Å². The van der Waals surface area contributed by atoms with Gasteiger partial charge in [-0.25, -0.2) is 29.0 Å². The summed E-state index contributed by atoms with van der Waals surface area (Å²) in [5, 5.41) is 15.4. The van der Waals surface area contributed by atoms with Gasteiger partial charge in [-0.15, -0.1) is 0 Å². The van der Waals surface area contributed by atoms with E-state index in [2.05, 4.69) is 56.3 Å². The Kier molecular flexibility index (Phi) is 12.8. The molecular formula is C47H60FN13O4. The third-order valence-electron chi connectivity index (χ3n) is 13.4. The van der Waals surface area contributed by atoms with E-state index in [1.807, 2.05) is 22.0 Å². The quantitative estimate of drug-likeness (QED) is 0.0771. The van der Waals surface area contributed by atoms with Crippen LogP contribution in [-0.2, 0) is 19.9 Å². The standard InChI is InChI=1S/C47H60FN13O4/c1-47(2,3)61-45-38(43(49)52-28-53-45)40(56-61)41-37(42(65-57-41)30-13-14-30)44-50-26-31(27-51-44)29-17-20-60(21-18-29)36(63)12-7-5-4-6-8-19-58-22-24-59(25-23-58)34-11-9-10-32(39(34)48)54-33-15-16-35(62)55-46(33)64/h9-11,26-30,33,54H,4-8,12-25H2,1-3H3,(H2,49,52,53)(H,55,62,64). The Bertz CT molecular complexity index is 2520. The summed E-state index contributed by atoms with van der Waals surface area (Å²) in [4.78, 5) is 62.0. The first kappa shape index (κ1) is 44.2. The maximum Gasteiger partial charge on any atom is 0.249 e. The highest BCUT2D eigenvalue weighted by Crippen LogP contribution is 2.48. The lowest BCUT2D eigenvalue weighted by atomic mass is 9.91. The number of imide groups is 1. The van der Waals surface area contributed by atoms with Crippen molar-refractivity contribution in [2.45, 2.75) is 121 Å². The topological polar surface area (TPSA) is 206 Å². The van der Waals surface area contributed by atoms with E-state index in [0.29, 0.717) is 52.6 Å².